The molecule has 0 nitrogen and oxygen atoms in total. The van der Waals surface area contributed by atoms with Gasteiger partial charge in [-0.25, -0.2) is 0 Å². The van der Waals surface area contributed by atoms with E-state index in [1.807, 2.05) is 0 Å². The van der Waals surface area contributed by atoms with Crippen LogP contribution in [0.3, 0.4) is 0 Å². The van der Waals surface area contributed by atoms with Crippen LogP contribution >= 0.6 is 0 Å². The zero-order chi connectivity index (χ0) is 43.8. The fourth-order valence-corrected chi connectivity index (χ4v) is 10.4. The van der Waals surface area contributed by atoms with E-state index in [9.17, 15) is 0 Å². The Morgan fingerprint density at radius 3 is 0.864 bits per heavy atom. The fourth-order valence-electron chi connectivity index (χ4n) is 10.4. The zero-order valence-corrected chi connectivity index (χ0v) is 36.4. The molecular weight excluding hydrogens is 793 g/mol. The van der Waals surface area contributed by atoms with E-state index in [1.165, 1.54) is 121 Å². The smallest absolute Gasteiger partial charge is 0.00201 e. The van der Waals surface area contributed by atoms with Gasteiger partial charge in [0.25, 0.3) is 0 Å². The monoisotopic (exact) mass is 836 g/mol. The SMILES string of the molecule is C(=Cc1ccccc1-c1ccccc1-c1c2ccccc2c(-c2ccccc2)c2ccccc12)c1ccccc1-c1ccc(-c2c3ccccc3c(-c3ccccc3)c3ccccc23)cc1. The third-order valence-electron chi connectivity index (χ3n) is 13.3. The van der Waals surface area contributed by atoms with Crippen molar-refractivity contribution in [3.63, 3.8) is 0 Å². The first-order valence-electron chi connectivity index (χ1n) is 22.8. The normalized spacial score (nSPS) is 11.6. The molecule has 0 atom stereocenters. The molecule has 0 N–H and O–H groups in total. The van der Waals surface area contributed by atoms with Gasteiger partial charge in [-0.15, -0.1) is 0 Å². The van der Waals surface area contributed by atoms with E-state index >= 15 is 0 Å². The van der Waals surface area contributed by atoms with Gasteiger partial charge in [-0.2, -0.15) is 0 Å². The predicted octanol–water partition coefficient (Wildman–Crippen LogP) is 18.5. The molecule has 12 aromatic carbocycles. The lowest BCUT2D eigenvalue weighted by atomic mass is 9.83. The number of hydrogen-bond donors (Lipinski definition) is 0. The molecule has 0 aliphatic heterocycles. The van der Waals surface area contributed by atoms with Gasteiger partial charge in [0.05, 0.1) is 0 Å². The van der Waals surface area contributed by atoms with E-state index in [-0.39, 0.29) is 0 Å². The molecule has 0 aliphatic rings. The molecule has 0 heterocycles. The Hall–Kier alpha value is -8.58. The zero-order valence-electron chi connectivity index (χ0n) is 36.4. The molecule has 12 rings (SSSR count). The molecular formula is C66H44. The van der Waals surface area contributed by atoms with Gasteiger partial charge in [0.1, 0.15) is 0 Å². The summed E-state index contributed by atoms with van der Waals surface area (Å²) in [4.78, 5) is 0. The molecule has 66 heavy (non-hydrogen) atoms. The van der Waals surface area contributed by atoms with Crippen molar-refractivity contribution in [3.05, 3.63) is 266 Å². The molecule has 308 valence electrons. The predicted molar refractivity (Wildman–Crippen MR) is 284 cm³/mol. The van der Waals surface area contributed by atoms with Crippen molar-refractivity contribution in [1.29, 1.82) is 0 Å². The Morgan fingerprint density at radius 1 is 0.167 bits per heavy atom. The van der Waals surface area contributed by atoms with E-state index in [1.54, 1.807) is 0 Å². The molecule has 0 unspecified atom stereocenters. The van der Waals surface area contributed by atoms with Crippen LogP contribution in [-0.4, -0.2) is 0 Å². The summed E-state index contributed by atoms with van der Waals surface area (Å²) in [6.45, 7) is 0. The van der Waals surface area contributed by atoms with Crippen molar-refractivity contribution in [2.45, 2.75) is 0 Å². The number of hydrogen-bond acceptors (Lipinski definition) is 0. The van der Waals surface area contributed by atoms with E-state index in [0.717, 1.165) is 0 Å². The number of rotatable bonds is 8. The Balaban J connectivity index is 0.938. The summed E-state index contributed by atoms with van der Waals surface area (Å²) in [6.07, 6.45) is 4.58. The number of fused-ring (bicyclic) bond motifs is 4. The van der Waals surface area contributed by atoms with Crippen LogP contribution in [0.25, 0.3) is 122 Å². The summed E-state index contributed by atoms with van der Waals surface area (Å²) in [5.74, 6) is 0. The average Bonchev–Trinajstić information content (AvgIpc) is 3.39. The van der Waals surface area contributed by atoms with Crippen molar-refractivity contribution >= 4 is 55.2 Å². The highest BCUT2D eigenvalue weighted by atomic mass is 14.2. The molecule has 0 aromatic heterocycles. The van der Waals surface area contributed by atoms with Crippen LogP contribution in [-0.2, 0) is 0 Å². The first kappa shape index (κ1) is 39.0. The second kappa shape index (κ2) is 16.8. The lowest BCUT2D eigenvalue weighted by molar-refractivity contribution is 1.57. The van der Waals surface area contributed by atoms with Crippen LogP contribution in [0.4, 0.5) is 0 Å². The first-order chi connectivity index (χ1) is 32.8. The van der Waals surface area contributed by atoms with Gasteiger partial charge in [0.2, 0.25) is 0 Å². The maximum absolute atomic E-state index is 2.30. The fraction of sp³-hybridized carbons (Fsp3) is 0. The van der Waals surface area contributed by atoms with Crippen molar-refractivity contribution in [2.24, 2.45) is 0 Å². The summed E-state index contributed by atoms with van der Waals surface area (Å²) in [6, 6.07) is 92.9. The highest BCUT2D eigenvalue weighted by molar-refractivity contribution is 6.23. The Kier molecular flexibility index (Phi) is 9.97. The molecule has 0 fully saturated rings. The molecule has 0 saturated heterocycles. The van der Waals surface area contributed by atoms with Crippen LogP contribution in [0.1, 0.15) is 11.1 Å². The van der Waals surface area contributed by atoms with E-state index < -0.39 is 0 Å². The topological polar surface area (TPSA) is 0 Å². The van der Waals surface area contributed by atoms with E-state index in [2.05, 4.69) is 267 Å². The Morgan fingerprint density at radius 2 is 0.439 bits per heavy atom. The van der Waals surface area contributed by atoms with Gasteiger partial charge in [-0.3, -0.25) is 0 Å². The molecule has 0 aliphatic carbocycles. The molecule has 0 spiro atoms. The quantitative estimate of drug-likeness (QED) is 0.106. The van der Waals surface area contributed by atoms with Crippen LogP contribution in [0.5, 0.6) is 0 Å². The van der Waals surface area contributed by atoms with Crippen LogP contribution in [0.15, 0.2) is 255 Å². The Labute approximate surface area is 386 Å². The maximum Gasteiger partial charge on any atom is -0.00201 e. The summed E-state index contributed by atoms with van der Waals surface area (Å²) in [5.41, 5.74) is 17.1. The minimum absolute atomic E-state index is 1.17. The summed E-state index contributed by atoms with van der Waals surface area (Å²) >= 11 is 0. The van der Waals surface area contributed by atoms with Crippen molar-refractivity contribution in [1.82, 2.24) is 0 Å². The van der Waals surface area contributed by atoms with Gasteiger partial charge in [-0.1, -0.05) is 267 Å². The highest BCUT2D eigenvalue weighted by Gasteiger charge is 2.20. The van der Waals surface area contributed by atoms with Crippen molar-refractivity contribution < 1.29 is 0 Å². The van der Waals surface area contributed by atoms with Crippen LogP contribution in [0, 0.1) is 0 Å². The van der Waals surface area contributed by atoms with Crippen LogP contribution < -0.4 is 0 Å². The first-order valence-corrected chi connectivity index (χ1v) is 22.8. The van der Waals surface area contributed by atoms with Crippen LogP contribution in [0.2, 0.25) is 0 Å². The largest absolute Gasteiger partial charge is 0.0622 e. The number of benzene rings is 12. The third kappa shape index (κ3) is 6.79. The molecule has 0 amide bonds. The lowest BCUT2D eigenvalue weighted by Crippen LogP contribution is -1.93. The van der Waals surface area contributed by atoms with Gasteiger partial charge < -0.3 is 0 Å². The summed E-state index contributed by atoms with van der Waals surface area (Å²) in [7, 11) is 0. The second-order valence-corrected chi connectivity index (χ2v) is 17.0. The van der Waals surface area contributed by atoms with E-state index in [0.29, 0.717) is 0 Å². The minimum Gasteiger partial charge on any atom is -0.0622 e. The average molecular weight is 837 g/mol. The standard InChI is InChI=1S/C66H44/c1-3-23-48(24-4-1)63-55-31-13-15-33-57(55)65(58-34-16-14-32-56(58)63)50-43-41-47(42-44-50)51-27-9-7-21-45(51)39-40-46-22-8-10-28-52(46)53-29-11-12-30-54(53)66-61-37-19-17-35-59(61)64(49-25-5-2-6-26-49)60-36-18-20-38-62(60)66/h1-44H. The second-order valence-electron chi connectivity index (χ2n) is 17.0. The van der Waals surface area contributed by atoms with Gasteiger partial charge in [0.15, 0.2) is 0 Å². The third-order valence-corrected chi connectivity index (χ3v) is 13.3. The summed E-state index contributed by atoms with van der Waals surface area (Å²) in [5, 5.41) is 10.1. The molecule has 0 heteroatoms. The van der Waals surface area contributed by atoms with Crippen molar-refractivity contribution in [2.75, 3.05) is 0 Å². The molecule has 0 saturated carbocycles. The summed E-state index contributed by atoms with van der Waals surface area (Å²) < 4.78 is 0. The Bertz CT molecular complexity index is 3670. The van der Waals surface area contributed by atoms with E-state index in [4.69, 9.17) is 0 Å². The molecule has 0 radical (unpaired) electrons. The van der Waals surface area contributed by atoms with Gasteiger partial charge in [0, 0.05) is 0 Å². The highest BCUT2D eigenvalue weighted by Crippen LogP contribution is 2.47. The molecule has 0 bridgehead atoms. The van der Waals surface area contributed by atoms with Crippen molar-refractivity contribution in [3.8, 4) is 66.8 Å². The maximum atomic E-state index is 2.30. The van der Waals surface area contributed by atoms with Gasteiger partial charge in [-0.05, 0) is 121 Å². The molecule has 12 aromatic rings. The van der Waals surface area contributed by atoms with Gasteiger partial charge >= 0.3 is 0 Å². The lowest BCUT2D eigenvalue weighted by Gasteiger charge is -2.20. The minimum atomic E-state index is 1.17.